The van der Waals surface area contributed by atoms with Crippen LogP contribution in [0.4, 0.5) is 22.9 Å². The fourth-order valence-corrected chi connectivity index (χ4v) is 4.28. The van der Waals surface area contributed by atoms with E-state index in [1.54, 1.807) is 24.4 Å². The van der Waals surface area contributed by atoms with E-state index in [2.05, 4.69) is 41.6 Å². The van der Waals surface area contributed by atoms with Gasteiger partial charge in [-0.3, -0.25) is 4.79 Å². The van der Waals surface area contributed by atoms with Crippen LogP contribution in [0.25, 0.3) is 0 Å². The summed E-state index contributed by atoms with van der Waals surface area (Å²) in [4.78, 5) is 17.8. The summed E-state index contributed by atoms with van der Waals surface area (Å²) >= 11 is 0. The van der Waals surface area contributed by atoms with Gasteiger partial charge in [0.05, 0.1) is 11.3 Å². The average Bonchev–Trinajstić information content (AvgIpc) is 2.92. The highest BCUT2D eigenvalue weighted by atomic mass is 16.3. The number of aliphatic hydroxyl groups excluding tert-OH is 1. The molecule has 4 rings (SSSR count). The number of aryl methyl sites for hydroxylation is 2. The minimum absolute atomic E-state index is 0.0165. The van der Waals surface area contributed by atoms with Crippen molar-refractivity contribution in [2.45, 2.75) is 40.0 Å². The van der Waals surface area contributed by atoms with E-state index in [4.69, 9.17) is 0 Å². The molecular weight excluding hydrogens is 414 g/mol. The summed E-state index contributed by atoms with van der Waals surface area (Å²) in [7, 11) is 0. The van der Waals surface area contributed by atoms with Crippen LogP contribution in [0.3, 0.4) is 0 Å². The van der Waals surface area contributed by atoms with Gasteiger partial charge in [0.25, 0.3) is 0 Å². The molecule has 2 heterocycles. The first-order valence-electron chi connectivity index (χ1n) is 11.4. The summed E-state index contributed by atoms with van der Waals surface area (Å²) in [6.45, 7) is 6.40. The number of hydrogen-bond donors (Lipinski definition) is 4. The van der Waals surface area contributed by atoms with Gasteiger partial charge in [-0.25, -0.2) is 4.98 Å². The average molecular weight is 446 g/mol. The monoisotopic (exact) mass is 445 g/mol. The van der Waals surface area contributed by atoms with Crippen LogP contribution in [0.1, 0.15) is 47.3 Å². The second-order valence-corrected chi connectivity index (χ2v) is 9.15. The number of phenols is 1. The molecular formula is C27H31N3O3. The molecule has 1 aromatic heterocycles. The van der Waals surface area contributed by atoms with E-state index in [9.17, 15) is 15.0 Å². The molecule has 0 radical (unpaired) electrons. The Morgan fingerprint density at radius 3 is 2.70 bits per heavy atom. The number of nitrogens with one attached hydrogen (secondary N) is 2. The van der Waals surface area contributed by atoms with Crippen LogP contribution >= 0.6 is 0 Å². The van der Waals surface area contributed by atoms with Crippen LogP contribution < -0.4 is 10.6 Å². The highest BCUT2D eigenvalue weighted by Crippen LogP contribution is 2.35. The lowest BCUT2D eigenvalue weighted by molar-refractivity contribution is 0.0995. The van der Waals surface area contributed by atoms with Crippen LogP contribution in [0, 0.1) is 18.8 Å². The number of benzene rings is 2. The third-order valence-electron chi connectivity index (χ3n) is 6.48. The number of aromatic hydroxyl groups is 1. The summed E-state index contributed by atoms with van der Waals surface area (Å²) in [6.07, 6.45) is 3.71. The van der Waals surface area contributed by atoms with E-state index in [0.717, 1.165) is 40.9 Å². The Hall–Kier alpha value is -3.38. The molecule has 0 bridgehead atoms. The predicted octanol–water partition coefficient (Wildman–Crippen LogP) is 5.52. The summed E-state index contributed by atoms with van der Waals surface area (Å²) < 4.78 is 0. The number of pyridine rings is 1. The summed E-state index contributed by atoms with van der Waals surface area (Å²) in [6, 6.07) is 13.1. The minimum atomic E-state index is -0.0165. The van der Waals surface area contributed by atoms with E-state index in [1.807, 2.05) is 19.1 Å². The maximum atomic E-state index is 13.3. The molecule has 0 saturated heterocycles. The van der Waals surface area contributed by atoms with Gasteiger partial charge in [0.2, 0.25) is 0 Å². The number of carbonyl (C=O) groups excluding carboxylic acids is 1. The maximum Gasteiger partial charge on any atom is 0.173 e. The van der Waals surface area contributed by atoms with Crippen molar-refractivity contribution in [1.29, 1.82) is 0 Å². The number of anilines is 4. The topological polar surface area (TPSA) is 94.5 Å². The maximum absolute atomic E-state index is 13.3. The molecule has 6 nitrogen and oxygen atoms in total. The standard InChI is InChI=1S/C27H31N3O3/c1-16(2)19(15-31)7-5-18-6-9-22-20(12-18)13-25(33)26-23(10-11-28-27(26)30-22)29-24-14-21(32)8-4-17(24)3/h4,6,8-12,14,16,19,31-32H,5,7,13,15H2,1-3H3,(H2,28,29,30)/t19-/m0/s1. The second-order valence-electron chi connectivity index (χ2n) is 9.15. The van der Waals surface area contributed by atoms with E-state index in [-0.39, 0.29) is 30.5 Å². The lowest BCUT2D eigenvalue weighted by Gasteiger charge is -2.18. The fourth-order valence-electron chi connectivity index (χ4n) is 4.28. The smallest absolute Gasteiger partial charge is 0.173 e. The van der Waals surface area contributed by atoms with Crippen molar-refractivity contribution in [2.75, 3.05) is 17.2 Å². The number of aromatic nitrogens is 1. The summed E-state index contributed by atoms with van der Waals surface area (Å²) in [5.74, 6) is 1.37. The molecule has 0 amide bonds. The number of aliphatic hydroxyl groups is 1. The number of carbonyl (C=O) groups is 1. The Balaban J connectivity index is 1.60. The number of hydrogen-bond acceptors (Lipinski definition) is 6. The number of phenolic OH excluding ortho intramolecular Hbond substituents is 1. The van der Waals surface area contributed by atoms with E-state index in [0.29, 0.717) is 23.0 Å². The lowest BCUT2D eigenvalue weighted by Crippen LogP contribution is -2.14. The van der Waals surface area contributed by atoms with E-state index >= 15 is 0 Å². The van der Waals surface area contributed by atoms with Gasteiger partial charge >= 0.3 is 0 Å². The first-order chi connectivity index (χ1) is 15.9. The zero-order valence-electron chi connectivity index (χ0n) is 19.4. The number of Topliss-reactive ketones (excluding diaryl/α,β-unsaturated/α-hetero) is 1. The van der Waals surface area contributed by atoms with Crippen LogP contribution in [0.2, 0.25) is 0 Å². The summed E-state index contributed by atoms with van der Waals surface area (Å²) in [5.41, 5.74) is 5.86. The number of ketones is 1. The van der Waals surface area contributed by atoms with Crippen molar-refractivity contribution in [3.05, 3.63) is 70.9 Å². The van der Waals surface area contributed by atoms with Crippen molar-refractivity contribution in [2.24, 2.45) is 11.8 Å². The van der Waals surface area contributed by atoms with E-state index in [1.165, 1.54) is 0 Å². The normalized spacial score (nSPS) is 13.7. The molecule has 0 aliphatic carbocycles. The molecule has 0 spiro atoms. The largest absolute Gasteiger partial charge is 0.508 e. The molecule has 0 saturated carbocycles. The van der Waals surface area contributed by atoms with Gasteiger partial charge in [-0.15, -0.1) is 0 Å². The molecule has 3 aromatic rings. The van der Waals surface area contributed by atoms with Gasteiger partial charge in [-0.1, -0.05) is 32.0 Å². The van der Waals surface area contributed by atoms with Gasteiger partial charge in [0.15, 0.2) is 5.78 Å². The molecule has 6 heteroatoms. The van der Waals surface area contributed by atoms with E-state index < -0.39 is 0 Å². The quantitative estimate of drug-likeness (QED) is 0.383. The third-order valence-corrected chi connectivity index (χ3v) is 6.48. The van der Waals surface area contributed by atoms with Crippen molar-refractivity contribution in [3.8, 4) is 5.75 Å². The third kappa shape index (κ3) is 5.01. The van der Waals surface area contributed by atoms with Crippen molar-refractivity contribution in [1.82, 2.24) is 4.98 Å². The first-order valence-corrected chi connectivity index (χ1v) is 11.4. The van der Waals surface area contributed by atoms with Crippen molar-refractivity contribution in [3.63, 3.8) is 0 Å². The second kappa shape index (κ2) is 9.63. The number of rotatable bonds is 7. The SMILES string of the molecule is Cc1ccc(O)cc1Nc1ccnc2c1C(=O)Cc1cc(CC[C@@H](CO)C(C)C)ccc1N2. The molecule has 1 aliphatic heterocycles. The zero-order valence-corrected chi connectivity index (χ0v) is 19.4. The molecule has 1 aliphatic rings. The Morgan fingerprint density at radius 1 is 1.12 bits per heavy atom. The lowest BCUT2D eigenvalue weighted by atomic mass is 9.90. The predicted molar refractivity (Wildman–Crippen MR) is 132 cm³/mol. The molecule has 33 heavy (non-hydrogen) atoms. The number of nitrogens with zero attached hydrogens (tertiary/aromatic N) is 1. The Kier molecular flexibility index (Phi) is 6.65. The number of fused-ring (bicyclic) bond motifs is 2. The highest BCUT2D eigenvalue weighted by molar-refractivity contribution is 6.09. The highest BCUT2D eigenvalue weighted by Gasteiger charge is 2.24. The van der Waals surface area contributed by atoms with Gasteiger partial charge in [0, 0.05) is 36.7 Å². The van der Waals surface area contributed by atoms with Crippen LogP contribution in [-0.2, 0) is 12.8 Å². The Labute approximate surface area is 194 Å². The summed E-state index contributed by atoms with van der Waals surface area (Å²) in [5, 5.41) is 26.1. The molecule has 0 fully saturated rings. The van der Waals surface area contributed by atoms with Gasteiger partial charge in [-0.05, 0) is 66.5 Å². The molecule has 172 valence electrons. The Morgan fingerprint density at radius 2 is 1.94 bits per heavy atom. The van der Waals surface area contributed by atoms with Crippen LogP contribution in [0.5, 0.6) is 5.75 Å². The van der Waals surface area contributed by atoms with Crippen LogP contribution in [0.15, 0.2) is 48.7 Å². The van der Waals surface area contributed by atoms with Gasteiger partial charge in [0.1, 0.15) is 11.6 Å². The molecule has 2 aromatic carbocycles. The molecule has 1 atom stereocenters. The van der Waals surface area contributed by atoms with Gasteiger partial charge in [-0.2, -0.15) is 0 Å². The zero-order chi connectivity index (χ0) is 23.5. The molecule has 0 unspecified atom stereocenters. The van der Waals surface area contributed by atoms with Crippen LogP contribution in [-0.4, -0.2) is 27.6 Å². The van der Waals surface area contributed by atoms with Gasteiger partial charge < -0.3 is 20.8 Å². The minimum Gasteiger partial charge on any atom is -0.508 e. The fraction of sp³-hybridized carbons (Fsp3) is 0.333. The van der Waals surface area contributed by atoms with Crippen molar-refractivity contribution >= 4 is 28.7 Å². The Bertz CT molecular complexity index is 1170. The van der Waals surface area contributed by atoms with Crippen molar-refractivity contribution < 1.29 is 15.0 Å². The molecule has 4 N–H and O–H groups in total. The first kappa shape index (κ1) is 22.8.